The lowest BCUT2D eigenvalue weighted by Crippen LogP contribution is -2.37. The number of aliphatic imine (C=N–C) groups is 1. The molecule has 0 fully saturated rings. The van der Waals surface area contributed by atoms with Gasteiger partial charge in [-0.1, -0.05) is 19.1 Å². The lowest BCUT2D eigenvalue weighted by molar-refractivity contribution is 0.588. The van der Waals surface area contributed by atoms with Gasteiger partial charge in [0, 0.05) is 37.6 Å². The molecule has 150 valence electrons. The van der Waals surface area contributed by atoms with Gasteiger partial charge in [0.2, 0.25) is 10.0 Å². The molecule has 0 aliphatic heterocycles. The van der Waals surface area contributed by atoms with Crippen LogP contribution in [0.5, 0.6) is 0 Å². The Kier molecular flexibility index (Phi) is 10.2. The van der Waals surface area contributed by atoms with Gasteiger partial charge in [-0.05, 0) is 31.2 Å². The molecule has 0 spiro atoms. The number of aryl methyl sites for hydroxylation is 1. The zero-order chi connectivity index (χ0) is 19.0. The number of rotatable bonds is 8. The average Bonchev–Trinajstić information content (AvgIpc) is 3.12. The van der Waals surface area contributed by atoms with Crippen LogP contribution in [0.1, 0.15) is 22.4 Å². The van der Waals surface area contributed by atoms with E-state index in [4.69, 9.17) is 0 Å². The number of hydrogen-bond acceptors (Lipinski definition) is 5. The number of benzene rings is 1. The summed E-state index contributed by atoms with van der Waals surface area (Å²) in [7, 11) is -0.334. The summed E-state index contributed by atoms with van der Waals surface area (Å²) in [5, 5.41) is 7.54. The Balaban J connectivity index is 0.00000364. The van der Waals surface area contributed by atoms with Crippen LogP contribution in [0.2, 0.25) is 0 Å². The number of nitrogens with one attached hydrogen (secondary N) is 3. The predicted octanol–water partition coefficient (Wildman–Crippen LogP) is 2.14. The zero-order valence-corrected chi connectivity index (χ0v) is 19.6. The number of hydrogen-bond donors (Lipinski definition) is 3. The van der Waals surface area contributed by atoms with Crippen LogP contribution >= 0.6 is 35.3 Å². The number of thiazole rings is 1. The highest BCUT2D eigenvalue weighted by atomic mass is 127. The van der Waals surface area contributed by atoms with E-state index in [-0.39, 0.29) is 28.9 Å². The molecule has 0 radical (unpaired) electrons. The van der Waals surface area contributed by atoms with Crippen molar-refractivity contribution in [1.82, 2.24) is 20.3 Å². The summed E-state index contributed by atoms with van der Waals surface area (Å²) < 4.78 is 26.1. The minimum Gasteiger partial charge on any atom is -0.356 e. The van der Waals surface area contributed by atoms with Gasteiger partial charge in [-0.2, -0.15) is 0 Å². The number of sulfonamides is 1. The van der Waals surface area contributed by atoms with E-state index >= 15 is 0 Å². The van der Waals surface area contributed by atoms with E-state index in [0.29, 0.717) is 12.5 Å². The highest BCUT2D eigenvalue weighted by Gasteiger charge is 2.11. The van der Waals surface area contributed by atoms with Gasteiger partial charge in [-0.3, -0.25) is 4.99 Å². The summed E-state index contributed by atoms with van der Waals surface area (Å²) in [5.74, 6) is 0.666. The van der Waals surface area contributed by atoms with E-state index in [1.165, 1.54) is 11.9 Å². The summed E-state index contributed by atoms with van der Waals surface area (Å²) >= 11 is 1.73. The van der Waals surface area contributed by atoms with E-state index in [0.717, 1.165) is 30.0 Å². The molecule has 1 aromatic heterocycles. The molecule has 2 rings (SSSR count). The molecule has 0 aliphatic carbocycles. The summed E-state index contributed by atoms with van der Waals surface area (Å²) in [6, 6.07) is 6.82. The molecule has 0 aliphatic rings. The molecule has 3 N–H and O–H groups in total. The van der Waals surface area contributed by atoms with Crippen molar-refractivity contribution < 1.29 is 8.42 Å². The van der Waals surface area contributed by atoms with Gasteiger partial charge in [0.15, 0.2) is 5.96 Å². The predicted molar refractivity (Wildman–Crippen MR) is 121 cm³/mol. The smallest absolute Gasteiger partial charge is 0.240 e. The van der Waals surface area contributed by atoms with Gasteiger partial charge in [0.25, 0.3) is 0 Å². The first kappa shape index (κ1) is 23.8. The van der Waals surface area contributed by atoms with Gasteiger partial charge in [0.05, 0.1) is 9.90 Å². The van der Waals surface area contributed by atoms with Gasteiger partial charge < -0.3 is 10.6 Å². The zero-order valence-electron chi connectivity index (χ0n) is 15.7. The van der Waals surface area contributed by atoms with Crippen molar-refractivity contribution in [2.24, 2.45) is 4.99 Å². The number of aromatic nitrogens is 1. The minimum atomic E-state index is -3.44. The largest absolute Gasteiger partial charge is 0.356 e. The van der Waals surface area contributed by atoms with Crippen LogP contribution in [-0.2, 0) is 29.4 Å². The molecule has 2 aromatic rings. The van der Waals surface area contributed by atoms with Crippen molar-refractivity contribution in [2.45, 2.75) is 31.2 Å². The maximum Gasteiger partial charge on any atom is 0.240 e. The third-order valence-electron chi connectivity index (χ3n) is 3.74. The highest BCUT2D eigenvalue weighted by molar-refractivity contribution is 14.0. The second-order valence-electron chi connectivity index (χ2n) is 5.53. The Morgan fingerprint density at radius 2 is 2.07 bits per heavy atom. The molecule has 0 saturated carbocycles. The highest BCUT2D eigenvalue weighted by Crippen LogP contribution is 2.13. The molecule has 0 unspecified atom stereocenters. The second-order valence-corrected chi connectivity index (χ2v) is 8.62. The van der Waals surface area contributed by atoms with E-state index in [2.05, 4.69) is 32.3 Å². The van der Waals surface area contributed by atoms with Crippen molar-refractivity contribution >= 4 is 51.3 Å². The van der Waals surface area contributed by atoms with E-state index in [9.17, 15) is 8.42 Å². The fourth-order valence-corrected chi connectivity index (χ4v) is 3.92. The summed E-state index contributed by atoms with van der Waals surface area (Å²) in [6.07, 6.45) is 3.77. The maximum atomic E-state index is 11.9. The summed E-state index contributed by atoms with van der Waals surface area (Å²) in [4.78, 5) is 10.1. The number of nitrogens with zero attached hydrogens (tertiary/aromatic N) is 2. The van der Waals surface area contributed by atoms with Crippen LogP contribution in [0.3, 0.4) is 0 Å². The normalized spacial score (nSPS) is 11.7. The number of guanidine groups is 1. The lowest BCUT2D eigenvalue weighted by Gasteiger charge is -2.12. The fourth-order valence-electron chi connectivity index (χ4n) is 2.26. The van der Waals surface area contributed by atoms with Crippen molar-refractivity contribution in [2.75, 3.05) is 20.6 Å². The molecule has 0 amide bonds. The summed E-state index contributed by atoms with van der Waals surface area (Å²) in [6.45, 7) is 3.33. The minimum absolute atomic E-state index is 0. The van der Waals surface area contributed by atoms with Gasteiger partial charge in [-0.15, -0.1) is 35.3 Å². The second kappa shape index (κ2) is 11.6. The van der Waals surface area contributed by atoms with E-state index in [1.807, 2.05) is 12.3 Å². The Hall–Kier alpha value is -1.24. The van der Waals surface area contributed by atoms with Crippen LogP contribution < -0.4 is 15.4 Å². The molecule has 0 saturated heterocycles. The van der Waals surface area contributed by atoms with Gasteiger partial charge in [-0.25, -0.2) is 18.1 Å². The Morgan fingerprint density at radius 3 is 2.70 bits per heavy atom. The quantitative estimate of drug-likeness (QED) is 0.280. The monoisotopic (exact) mass is 523 g/mol. The van der Waals surface area contributed by atoms with Crippen LogP contribution in [0.25, 0.3) is 0 Å². The fraction of sp³-hybridized carbons (Fsp3) is 0.412. The van der Waals surface area contributed by atoms with Crippen molar-refractivity contribution in [3.63, 3.8) is 0 Å². The molecule has 0 atom stereocenters. The van der Waals surface area contributed by atoms with Gasteiger partial charge in [0.1, 0.15) is 0 Å². The molecule has 10 heteroatoms. The first-order valence-corrected chi connectivity index (χ1v) is 10.7. The summed E-state index contributed by atoms with van der Waals surface area (Å²) in [5.41, 5.74) is 0.858. The third-order valence-corrected chi connectivity index (χ3v) is 6.36. The van der Waals surface area contributed by atoms with E-state index in [1.54, 1.807) is 36.6 Å². The first-order chi connectivity index (χ1) is 12.5. The Labute approximate surface area is 182 Å². The van der Waals surface area contributed by atoms with Crippen molar-refractivity contribution in [3.8, 4) is 0 Å². The van der Waals surface area contributed by atoms with Gasteiger partial charge >= 0.3 is 0 Å². The van der Waals surface area contributed by atoms with Crippen LogP contribution in [0.4, 0.5) is 0 Å². The average molecular weight is 523 g/mol. The molecule has 0 bridgehead atoms. The maximum absolute atomic E-state index is 11.9. The van der Waals surface area contributed by atoms with Crippen molar-refractivity contribution in [3.05, 3.63) is 45.9 Å². The first-order valence-electron chi connectivity index (χ1n) is 8.39. The molecule has 1 heterocycles. The SMILES string of the molecule is CCc1cnc(CCNC(=NC)NCc2cccc(S(=O)(=O)NC)c2)s1.I. The van der Waals surface area contributed by atoms with Crippen LogP contribution in [0.15, 0.2) is 40.4 Å². The van der Waals surface area contributed by atoms with E-state index < -0.39 is 10.0 Å². The Bertz CT molecular complexity index is 853. The molecule has 7 nitrogen and oxygen atoms in total. The standard InChI is InChI=1S/C17H25N5O2S2.HI/c1-4-14-12-21-16(25-14)8-9-20-17(18-2)22-11-13-6-5-7-15(10-13)26(23,24)19-3;/h5-7,10,12,19H,4,8-9,11H2,1-3H3,(H2,18,20,22);1H. The topological polar surface area (TPSA) is 95.5 Å². The van der Waals surface area contributed by atoms with Crippen molar-refractivity contribution in [1.29, 1.82) is 0 Å². The van der Waals surface area contributed by atoms with Crippen LogP contribution in [0, 0.1) is 0 Å². The molecule has 1 aromatic carbocycles. The lowest BCUT2D eigenvalue weighted by atomic mass is 10.2. The number of halogens is 1. The molecule has 27 heavy (non-hydrogen) atoms. The third kappa shape index (κ3) is 7.35. The Morgan fingerprint density at radius 1 is 1.30 bits per heavy atom. The molecular formula is C17H26IN5O2S2. The molecular weight excluding hydrogens is 497 g/mol. The van der Waals surface area contributed by atoms with Crippen LogP contribution in [-0.4, -0.2) is 40.0 Å².